The topological polar surface area (TPSA) is 131 Å². The Morgan fingerprint density at radius 3 is 2.47 bits per heavy atom. The van der Waals surface area contributed by atoms with Crippen LogP contribution >= 0.6 is 0 Å². The van der Waals surface area contributed by atoms with Gasteiger partial charge in [-0.2, -0.15) is 5.10 Å². The van der Waals surface area contributed by atoms with Gasteiger partial charge in [0, 0.05) is 6.07 Å². The van der Waals surface area contributed by atoms with Crippen molar-refractivity contribution in [3.8, 4) is 5.75 Å². The Labute approximate surface area is 174 Å². The van der Waals surface area contributed by atoms with Gasteiger partial charge in [0.05, 0.1) is 35.3 Å². The minimum atomic E-state index is -3.79. The number of rotatable bonds is 9. The van der Waals surface area contributed by atoms with Gasteiger partial charge in [0.15, 0.2) is 0 Å². The molecule has 2 aromatic carbocycles. The molecule has 11 heteroatoms. The van der Waals surface area contributed by atoms with E-state index in [4.69, 9.17) is 4.74 Å². The van der Waals surface area contributed by atoms with Gasteiger partial charge in [-0.3, -0.25) is 19.2 Å². The number of nitro benzene ring substituents is 1. The number of amides is 1. The summed E-state index contributed by atoms with van der Waals surface area (Å²) in [6.45, 7) is 3.70. The summed E-state index contributed by atoms with van der Waals surface area (Å²) >= 11 is 0. The predicted molar refractivity (Wildman–Crippen MR) is 113 cm³/mol. The molecule has 0 saturated heterocycles. The van der Waals surface area contributed by atoms with E-state index in [2.05, 4.69) is 10.5 Å². The van der Waals surface area contributed by atoms with Crippen LogP contribution in [-0.2, 0) is 14.8 Å². The minimum absolute atomic E-state index is 0.171. The van der Waals surface area contributed by atoms with Crippen LogP contribution in [0, 0.1) is 10.1 Å². The zero-order valence-electron chi connectivity index (χ0n) is 16.7. The lowest BCUT2D eigenvalue weighted by molar-refractivity contribution is -0.385. The lowest BCUT2D eigenvalue weighted by Crippen LogP contribution is -2.46. The van der Waals surface area contributed by atoms with Crippen LogP contribution in [-0.4, -0.2) is 44.4 Å². The third-order valence-electron chi connectivity index (χ3n) is 4.00. The zero-order chi connectivity index (χ0) is 22.3. The van der Waals surface area contributed by atoms with Crippen LogP contribution in [0.1, 0.15) is 19.4 Å². The number of nitrogens with one attached hydrogen (secondary N) is 1. The van der Waals surface area contributed by atoms with E-state index >= 15 is 0 Å². The highest BCUT2D eigenvalue weighted by atomic mass is 32.2. The number of anilines is 1. The monoisotopic (exact) mass is 434 g/mol. The highest BCUT2D eigenvalue weighted by molar-refractivity contribution is 7.92. The maximum Gasteiger partial charge on any atom is 0.278 e. The Morgan fingerprint density at radius 2 is 1.90 bits per heavy atom. The molecule has 0 fully saturated rings. The molecule has 0 bridgehead atoms. The van der Waals surface area contributed by atoms with Gasteiger partial charge in [0.1, 0.15) is 11.8 Å². The summed E-state index contributed by atoms with van der Waals surface area (Å²) in [6.07, 6.45) is 2.12. The third kappa shape index (κ3) is 5.77. The van der Waals surface area contributed by atoms with Gasteiger partial charge >= 0.3 is 0 Å². The first-order valence-electron chi connectivity index (χ1n) is 8.93. The Balaban J connectivity index is 2.19. The van der Waals surface area contributed by atoms with E-state index in [-0.39, 0.29) is 16.9 Å². The van der Waals surface area contributed by atoms with E-state index in [9.17, 15) is 23.3 Å². The molecule has 1 atom stereocenters. The summed E-state index contributed by atoms with van der Waals surface area (Å²) in [5.74, 6) is -0.134. The number of ether oxygens (including phenoxy) is 1. The number of para-hydroxylation sites is 1. The van der Waals surface area contributed by atoms with Gasteiger partial charge in [-0.05, 0) is 44.2 Å². The molecule has 2 rings (SSSR count). The summed E-state index contributed by atoms with van der Waals surface area (Å²) in [7, 11) is -3.79. The first kappa shape index (κ1) is 22.8. The standard InChI is InChI=1S/C19H22N4O6S/c1-4-29-17-11-9-16(10-12-17)22(30(3,27)28)14(2)19(24)21-20-13-15-7-5-6-8-18(15)23(25)26/h5-14H,4H2,1-3H3,(H,21,24)/b20-13-/t14-/m0/s1. The maximum absolute atomic E-state index is 12.5. The molecule has 0 aliphatic heterocycles. The van der Waals surface area contributed by atoms with Crippen molar-refractivity contribution in [2.45, 2.75) is 19.9 Å². The van der Waals surface area contributed by atoms with E-state index < -0.39 is 26.9 Å². The maximum atomic E-state index is 12.5. The van der Waals surface area contributed by atoms with Gasteiger partial charge in [-0.15, -0.1) is 0 Å². The third-order valence-corrected chi connectivity index (χ3v) is 5.24. The lowest BCUT2D eigenvalue weighted by Gasteiger charge is -2.27. The van der Waals surface area contributed by atoms with Gasteiger partial charge in [0.25, 0.3) is 11.6 Å². The summed E-state index contributed by atoms with van der Waals surface area (Å²) in [5.41, 5.74) is 2.54. The van der Waals surface area contributed by atoms with E-state index in [0.717, 1.165) is 16.8 Å². The smallest absolute Gasteiger partial charge is 0.278 e. The number of carbonyl (C=O) groups is 1. The zero-order valence-corrected chi connectivity index (χ0v) is 17.5. The quantitative estimate of drug-likeness (QED) is 0.366. The molecule has 0 saturated carbocycles. The van der Waals surface area contributed by atoms with Crippen molar-refractivity contribution in [1.82, 2.24) is 5.43 Å². The average Bonchev–Trinajstić information content (AvgIpc) is 2.68. The molecule has 160 valence electrons. The minimum Gasteiger partial charge on any atom is -0.494 e. The van der Waals surface area contributed by atoms with Crippen molar-refractivity contribution in [2.75, 3.05) is 17.2 Å². The summed E-state index contributed by atoms with van der Waals surface area (Å²) in [4.78, 5) is 22.9. The summed E-state index contributed by atoms with van der Waals surface area (Å²) in [5, 5.41) is 14.8. The second-order valence-corrected chi connectivity index (χ2v) is 8.07. The average molecular weight is 434 g/mol. The number of benzene rings is 2. The van der Waals surface area contributed by atoms with Crippen molar-refractivity contribution < 1.29 is 22.9 Å². The number of hydrogen-bond acceptors (Lipinski definition) is 7. The Kier molecular flexibility index (Phi) is 7.48. The largest absolute Gasteiger partial charge is 0.494 e. The fourth-order valence-corrected chi connectivity index (χ4v) is 3.86. The number of sulfonamides is 1. The van der Waals surface area contributed by atoms with Crippen LogP contribution in [0.2, 0.25) is 0 Å². The summed E-state index contributed by atoms with van der Waals surface area (Å²) < 4.78 is 30.9. The van der Waals surface area contributed by atoms with Crippen LogP contribution in [0.4, 0.5) is 11.4 Å². The van der Waals surface area contributed by atoms with Gasteiger partial charge in [0.2, 0.25) is 10.0 Å². The van der Waals surface area contributed by atoms with E-state index in [0.29, 0.717) is 12.4 Å². The molecule has 0 unspecified atom stereocenters. The second-order valence-electron chi connectivity index (χ2n) is 6.21. The predicted octanol–water partition coefficient (Wildman–Crippen LogP) is 2.30. The van der Waals surface area contributed by atoms with Crippen molar-refractivity contribution >= 4 is 33.5 Å². The van der Waals surface area contributed by atoms with Crippen LogP contribution in [0.15, 0.2) is 53.6 Å². The number of hydrogen-bond donors (Lipinski definition) is 1. The SMILES string of the molecule is CCOc1ccc(N([C@@H](C)C(=O)N/N=C\c2ccccc2[N+](=O)[O-])S(C)(=O)=O)cc1. The highest BCUT2D eigenvalue weighted by Gasteiger charge is 2.29. The van der Waals surface area contributed by atoms with Crippen molar-refractivity contribution in [3.63, 3.8) is 0 Å². The molecule has 0 spiro atoms. The van der Waals surface area contributed by atoms with Crippen LogP contribution in [0.3, 0.4) is 0 Å². The van der Waals surface area contributed by atoms with Crippen molar-refractivity contribution in [1.29, 1.82) is 0 Å². The number of nitrogens with zero attached hydrogens (tertiary/aromatic N) is 3. The molecule has 0 radical (unpaired) electrons. The lowest BCUT2D eigenvalue weighted by atomic mass is 10.2. The van der Waals surface area contributed by atoms with Gasteiger partial charge < -0.3 is 4.74 Å². The molecule has 1 N–H and O–H groups in total. The fourth-order valence-electron chi connectivity index (χ4n) is 2.69. The Bertz CT molecular complexity index is 1040. The molecule has 0 aromatic heterocycles. The van der Waals surface area contributed by atoms with Crippen LogP contribution in [0.5, 0.6) is 5.75 Å². The second kappa shape index (κ2) is 9.83. The highest BCUT2D eigenvalue weighted by Crippen LogP contribution is 2.24. The van der Waals surface area contributed by atoms with Crippen LogP contribution < -0.4 is 14.5 Å². The number of carbonyl (C=O) groups excluding carboxylic acids is 1. The Hall–Kier alpha value is -3.47. The van der Waals surface area contributed by atoms with Crippen molar-refractivity contribution in [2.24, 2.45) is 5.10 Å². The molecule has 1 amide bonds. The molecule has 0 heterocycles. The van der Waals surface area contributed by atoms with E-state index in [1.165, 1.54) is 37.3 Å². The van der Waals surface area contributed by atoms with Crippen LogP contribution in [0.25, 0.3) is 0 Å². The molecule has 2 aromatic rings. The fraction of sp³-hybridized carbons (Fsp3) is 0.263. The van der Waals surface area contributed by atoms with E-state index in [1.54, 1.807) is 18.2 Å². The van der Waals surface area contributed by atoms with Gasteiger partial charge in [-0.1, -0.05) is 12.1 Å². The Morgan fingerprint density at radius 1 is 1.27 bits per heavy atom. The molecule has 0 aliphatic carbocycles. The molecule has 30 heavy (non-hydrogen) atoms. The normalized spacial score (nSPS) is 12.4. The number of nitro groups is 1. The summed E-state index contributed by atoms with van der Waals surface area (Å²) in [6, 6.07) is 11.0. The first-order valence-corrected chi connectivity index (χ1v) is 10.8. The molecule has 10 nitrogen and oxygen atoms in total. The molecule has 0 aliphatic rings. The van der Waals surface area contributed by atoms with Crippen molar-refractivity contribution in [3.05, 3.63) is 64.2 Å². The first-order chi connectivity index (χ1) is 14.1. The molecular formula is C19H22N4O6S. The van der Waals surface area contributed by atoms with Gasteiger partial charge in [-0.25, -0.2) is 13.8 Å². The molecular weight excluding hydrogens is 412 g/mol. The number of hydrazone groups is 1. The van der Waals surface area contributed by atoms with E-state index in [1.807, 2.05) is 6.92 Å².